The van der Waals surface area contributed by atoms with E-state index in [-0.39, 0.29) is 23.7 Å². The van der Waals surface area contributed by atoms with E-state index in [0.717, 1.165) is 42.8 Å². The van der Waals surface area contributed by atoms with Crippen molar-refractivity contribution < 1.29 is 19.1 Å². The first-order valence-corrected chi connectivity index (χ1v) is 10.7. The van der Waals surface area contributed by atoms with Gasteiger partial charge in [0.25, 0.3) is 0 Å². The third-order valence-electron chi connectivity index (χ3n) is 6.70. The molecule has 5 rings (SSSR count). The molecule has 0 saturated heterocycles. The van der Waals surface area contributed by atoms with Crippen LogP contribution in [-0.2, 0) is 14.3 Å². The van der Waals surface area contributed by atoms with Gasteiger partial charge in [-0.2, -0.15) is 0 Å². The smallest absolute Gasteiger partial charge is 0.307 e. The van der Waals surface area contributed by atoms with Gasteiger partial charge in [-0.3, -0.25) is 9.59 Å². The van der Waals surface area contributed by atoms with Gasteiger partial charge in [-0.1, -0.05) is 18.2 Å². The Morgan fingerprint density at radius 1 is 0.964 bits per heavy atom. The lowest BCUT2D eigenvalue weighted by atomic mass is 9.49. The van der Waals surface area contributed by atoms with E-state index in [1.807, 2.05) is 30.3 Å². The summed E-state index contributed by atoms with van der Waals surface area (Å²) in [5, 5.41) is 3.03. The molecule has 1 aromatic carbocycles. The summed E-state index contributed by atoms with van der Waals surface area (Å²) in [5.74, 6) is 2.99. The lowest BCUT2D eigenvalue weighted by molar-refractivity contribution is -0.147. The number of carbonyl (C=O) groups is 2. The van der Waals surface area contributed by atoms with Gasteiger partial charge in [0.05, 0.1) is 19.6 Å². The summed E-state index contributed by atoms with van der Waals surface area (Å²) in [6, 6.07) is 9.59. The van der Waals surface area contributed by atoms with E-state index < -0.39 is 0 Å². The molecule has 5 heteroatoms. The van der Waals surface area contributed by atoms with Gasteiger partial charge in [-0.25, -0.2) is 0 Å². The van der Waals surface area contributed by atoms with Crippen molar-refractivity contribution in [1.29, 1.82) is 0 Å². The second-order valence-electron chi connectivity index (χ2n) is 8.94. The van der Waals surface area contributed by atoms with E-state index in [0.29, 0.717) is 26.2 Å². The molecule has 4 bridgehead atoms. The molecule has 0 atom stereocenters. The van der Waals surface area contributed by atoms with Gasteiger partial charge in [0.15, 0.2) is 0 Å². The van der Waals surface area contributed by atoms with E-state index in [9.17, 15) is 9.59 Å². The molecule has 5 nitrogen and oxygen atoms in total. The fraction of sp³-hybridized carbons (Fsp3) is 0.652. The molecule has 1 amide bonds. The van der Waals surface area contributed by atoms with Crippen molar-refractivity contribution >= 4 is 11.9 Å². The van der Waals surface area contributed by atoms with E-state index in [2.05, 4.69) is 5.32 Å². The molecule has 28 heavy (non-hydrogen) atoms. The van der Waals surface area contributed by atoms with Crippen LogP contribution in [0.2, 0.25) is 0 Å². The van der Waals surface area contributed by atoms with Crippen LogP contribution in [0.3, 0.4) is 0 Å². The van der Waals surface area contributed by atoms with E-state index in [4.69, 9.17) is 9.47 Å². The third kappa shape index (κ3) is 4.50. The number of carbonyl (C=O) groups excluding carboxylic acids is 2. The van der Waals surface area contributed by atoms with Crippen LogP contribution in [0, 0.1) is 23.2 Å². The highest BCUT2D eigenvalue weighted by Gasteiger charge is 2.54. The van der Waals surface area contributed by atoms with E-state index in [1.165, 1.54) is 19.3 Å². The number of amides is 1. The zero-order valence-corrected chi connectivity index (χ0v) is 16.5. The molecule has 0 aliphatic heterocycles. The van der Waals surface area contributed by atoms with Crippen LogP contribution in [-0.4, -0.2) is 31.6 Å². The van der Waals surface area contributed by atoms with Gasteiger partial charge in [-0.05, 0) is 68.4 Å². The Hall–Kier alpha value is -2.04. The molecule has 0 heterocycles. The first kappa shape index (κ1) is 19.3. The molecule has 1 N–H and O–H groups in total. The average Bonchev–Trinajstić information content (AvgIpc) is 2.67. The molecular formula is C23H31NO4. The highest BCUT2D eigenvalue weighted by molar-refractivity contribution is 5.83. The highest BCUT2D eigenvalue weighted by atomic mass is 16.5. The molecule has 4 aliphatic rings. The van der Waals surface area contributed by atoms with Gasteiger partial charge < -0.3 is 14.8 Å². The van der Waals surface area contributed by atoms with Crippen molar-refractivity contribution in [2.75, 3.05) is 19.8 Å². The summed E-state index contributed by atoms with van der Waals surface area (Å²) in [6.07, 6.45) is 8.02. The van der Waals surface area contributed by atoms with Crippen LogP contribution in [0.25, 0.3) is 0 Å². The number of hydrogen-bond donors (Lipinski definition) is 1. The number of nitrogens with one attached hydrogen (secondary N) is 1. The Morgan fingerprint density at radius 2 is 1.61 bits per heavy atom. The Balaban J connectivity index is 1.10. The van der Waals surface area contributed by atoms with Crippen LogP contribution in [0.5, 0.6) is 5.75 Å². The summed E-state index contributed by atoms with van der Waals surface area (Å²) >= 11 is 0. The number of ether oxygens (including phenoxy) is 2. The van der Waals surface area contributed by atoms with Crippen LogP contribution < -0.4 is 10.1 Å². The topological polar surface area (TPSA) is 64.6 Å². The van der Waals surface area contributed by atoms with Crippen molar-refractivity contribution in [3.8, 4) is 5.75 Å². The number of benzene rings is 1. The Bertz CT molecular complexity index is 652. The Kier molecular flexibility index (Phi) is 5.88. The molecule has 0 aromatic heterocycles. The molecule has 0 spiro atoms. The van der Waals surface area contributed by atoms with Crippen LogP contribution in [0.4, 0.5) is 0 Å². The minimum Gasteiger partial charge on any atom is -0.493 e. The largest absolute Gasteiger partial charge is 0.493 e. The molecule has 0 unspecified atom stereocenters. The molecule has 4 aliphatic carbocycles. The lowest BCUT2D eigenvalue weighted by Gasteiger charge is -2.55. The average molecular weight is 386 g/mol. The fourth-order valence-electron chi connectivity index (χ4n) is 5.88. The zero-order valence-electron chi connectivity index (χ0n) is 16.5. The lowest BCUT2D eigenvalue weighted by Crippen LogP contribution is -2.53. The normalized spacial score (nSPS) is 30.1. The first-order chi connectivity index (χ1) is 13.6. The summed E-state index contributed by atoms with van der Waals surface area (Å²) in [4.78, 5) is 24.7. The van der Waals surface area contributed by atoms with Crippen molar-refractivity contribution in [2.45, 2.75) is 51.4 Å². The zero-order chi connectivity index (χ0) is 19.4. The maximum absolute atomic E-state index is 12.8. The Morgan fingerprint density at radius 3 is 2.25 bits per heavy atom. The van der Waals surface area contributed by atoms with Crippen molar-refractivity contribution in [1.82, 2.24) is 5.32 Å². The number of rotatable bonds is 9. The fourth-order valence-corrected chi connectivity index (χ4v) is 5.88. The number of esters is 1. The molecule has 1 aromatic rings. The maximum atomic E-state index is 12.8. The van der Waals surface area contributed by atoms with Crippen LogP contribution in [0.15, 0.2) is 30.3 Å². The summed E-state index contributed by atoms with van der Waals surface area (Å²) < 4.78 is 10.8. The van der Waals surface area contributed by atoms with Crippen LogP contribution in [0.1, 0.15) is 51.4 Å². The van der Waals surface area contributed by atoms with Gasteiger partial charge in [-0.15, -0.1) is 0 Å². The summed E-state index contributed by atoms with van der Waals surface area (Å²) in [7, 11) is 0. The molecule has 4 saturated carbocycles. The predicted octanol–water partition coefficient (Wildman–Crippen LogP) is 3.72. The van der Waals surface area contributed by atoms with Gasteiger partial charge in [0.2, 0.25) is 5.91 Å². The number of hydrogen-bond acceptors (Lipinski definition) is 4. The van der Waals surface area contributed by atoms with Gasteiger partial charge >= 0.3 is 5.97 Å². The minimum absolute atomic E-state index is 0.145. The SMILES string of the molecule is O=C(CCNC(=O)C12CC3CC(CC(C3)C1)C2)OCCCOc1ccccc1. The van der Waals surface area contributed by atoms with E-state index >= 15 is 0 Å². The third-order valence-corrected chi connectivity index (χ3v) is 6.70. The molecular weight excluding hydrogens is 354 g/mol. The maximum Gasteiger partial charge on any atom is 0.307 e. The molecule has 0 radical (unpaired) electrons. The summed E-state index contributed by atoms with van der Waals surface area (Å²) in [5.41, 5.74) is -0.145. The van der Waals surface area contributed by atoms with Gasteiger partial charge in [0.1, 0.15) is 5.75 Å². The Labute approximate surface area is 167 Å². The van der Waals surface area contributed by atoms with E-state index in [1.54, 1.807) is 0 Å². The highest BCUT2D eigenvalue weighted by Crippen LogP contribution is 2.60. The standard InChI is InChI=1S/C23H31NO4/c25-21(28-10-4-9-27-20-5-2-1-3-6-20)7-8-24-22(26)23-14-17-11-18(15-23)13-19(12-17)16-23/h1-3,5-6,17-19H,4,7-16H2,(H,24,26). The minimum atomic E-state index is -0.259. The second-order valence-corrected chi connectivity index (χ2v) is 8.94. The summed E-state index contributed by atoms with van der Waals surface area (Å²) in [6.45, 7) is 1.23. The van der Waals surface area contributed by atoms with Crippen molar-refractivity contribution in [3.63, 3.8) is 0 Å². The second kappa shape index (κ2) is 8.54. The van der Waals surface area contributed by atoms with Crippen LogP contribution >= 0.6 is 0 Å². The monoisotopic (exact) mass is 385 g/mol. The molecule has 152 valence electrons. The van der Waals surface area contributed by atoms with Crippen molar-refractivity contribution in [3.05, 3.63) is 30.3 Å². The first-order valence-electron chi connectivity index (χ1n) is 10.7. The van der Waals surface area contributed by atoms with Crippen molar-refractivity contribution in [2.24, 2.45) is 23.2 Å². The quantitative estimate of drug-likeness (QED) is 0.520. The molecule has 4 fully saturated rings. The van der Waals surface area contributed by atoms with Gasteiger partial charge in [0, 0.05) is 18.4 Å². The predicted molar refractivity (Wildman–Crippen MR) is 106 cm³/mol. The number of para-hydroxylation sites is 1.